The Morgan fingerprint density at radius 2 is 2.47 bits per heavy atom. The van der Waals surface area contributed by atoms with E-state index in [-0.39, 0.29) is 6.42 Å². The number of aromatic nitrogens is 2. The van der Waals surface area contributed by atoms with E-state index >= 15 is 0 Å². The molecule has 90 valence electrons. The first-order valence-corrected chi connectivity index (χ1v) is 5.05. The molecule has 0 aliphatic carbocycles. The molecule has 6 heteroatoms. The van der Waals surface area contributed by atoms with Crippen LogP contribution in [0.4, 0.5) is 5.82 Å². The van der Waals surface area contributed by atoms with Crippen LogP contribution < -0.4 is 10.1 Å². The summed E-state index contributed by atoms with van der Waals surface area (Å²) in [7, 11) is 0. The third kappa shape index (κ3) is 3.99. The van der Waals surface area contributed by atoms with Crippen LogP contribution in [0, 0.1) is 12.3 Å². The van der Waals surface area contributed by atoms with E-state index in [9.17, 15) is 4.79 Å². The van der Waals surface area contributed by atoms with Gasteiger partial charge in [-0.05, 0) is 6.92 Å². The second kappa shape index (κ2) is 6.33. The van der Waals surface area contributed by atoms with Crippen molar-refractivity contribution in [1.29, 1.82) is 0 Å². The second-order valence-electron chi connectivity index (χ2n) is 3.12. The smallest absolute Gasteiger partial charge is 0.327 e. The van der Waals surface area contributed by atoms with Crippen molar-refractivity contribution in [3.05, 3.63) is 12.4 Å². The van der Waals surface area contributed by atoms with E-state index in [1.54, 1.807) is 0 Å². The molecule has 2 N–H and O–H groups in total. The third-order valence-corrected chi connectivity index (χ3v) is 1.85. The molecule has 0 saturated carbocycles. The van der Waals surface area contributed by atoms with Gasteiger partial charge < -0.3 is 15.2 Å². The zero-order valence-corrected chi connectivity index (χ0v) is 9.38. The van der Waals surface area contributed by atoms with Gasteiger partial charge in [0.25, 0.3) is 0 Å². The van der Waals surface area contributed by atoms with Crippen LogP contribution in [0.25, 0.3) is 0 Å². The first kappa shape index (κ1) is 12.8. The van der Waals surface area contributed by atoms with E-state index < -0.39 is 12.0 Å². The summed E-state index contributed by atoms with van der Waals surface area (Å²) in [5, 5.41) is 11.6. The van der Waals surface area contributed by atoms with Crippen molar-refractivity contribution in [3.8, 4) is 18.2 Å². The fraction of sp³-hybridized carbons (Fsp3) is 0.364. The van der Waals surface area contributed by atoms with E-state index in [0.717, 1.165) is 0 Å². The summed E-state index contributed by atoms with van der Waals surface area (Å²) in [5.41, 5.74) is 0. The van der Waals surface area contributed by atoms with Crippen molar-refractivity contribution in [3.63, 3.8) is 0 Å². The second-order valence-corrected chi connectivity index (χ2v) is 3.12. The van der Waals surface area contributed by atoms with Crippen molar-refractivity contribution in [2.75, 3.05) is 11.9 Å². The zero-order chi connectivity index (χ0) is 12.7. The maximum atomic E-state index is 10.9. The standard InChI is InChI=1S/C11H13N3O3/c1-3-5-8(11(15)16)13-9-6-12-7-10(14-9)17-4-2/h1,6-8H,4-5H2,2H3,(H,13,14)(H,15,16). The molecule has 1 aromatic heterocycles. The summed E-state index contributed by atoms with van der Waals surface area (Å²) in [6, 6.07) is -0.883. The van der Waals surface area contributed by atoms with Gasteiger partial charge in [-0.15, -0.1) is 12.3 Å². The molecule has 0 radical (unpaired) electrons. The molecule has 0 saturated heterocycles. The van der Waals surface area contributed by atoms with Crippen LogP contribution in [0.2, 0.25) is 0 Å². The molecule has 0 aromatic carbocycles. The molecule has 17 heavy (non-hydrogen) atoms. The summed E-state index contributed by atoms with van der Waals surface area (Å²) in [4.78, 5) is 18.8. The van der Waals surface area contributed by atoms with E-state index in [4.69, 9.17) is 16.3 Å². The molecule has 0 amide bonds. The Balaban J connectivity index is 2.75. The Labute approximate surface area is 99.0 Å². The third-order valence-electron chi connectivity index (χ3n) is 1.85. The maximum absolute atomic E-state index is 10.9. The highest BCUT2D eigenvalue weighted by Crippen LogP contribution is 2.10. The highest BCUT2D eigenvalue weighted by molar-refractivity contribution is 5.77. The minimum Gasteiger partial charge on any atom is -0.480 e. The number of hydrogen-bond donors (Lipinski definition) is 2. The lowest BCUT2D eigenvalue weighted by Crippen LogP contribution is -2.29. The molecule has 0 aliphatic heterocycles. The molecule has 0 aliphatic rings. The van der Waals surface area contributed by atoms with Crippen LogP contribution in [0.3, 0.4) is 0 Å². The Kier molecular flexibility index (Phi) is 4.76. The number of hydrogen-bond acceptors (Lipinski definition) is 5. The van der Waals surface area contributed by atoms with Crippen molar-refractivity contribution in [1.82, 2.24) is 9.97 Å². The predicted molar refractivity (Wildman–Crippen MR) is 61.7 cm³/mol. The number of aliphatic carboxylic acids is 1. The molecule has 0 spiro atoms. The van der Waals surface area contributed by atoms with Gasteiger partial charge in [-0.25, -0.2) is 4.79 Å². The molecule has 1 heterocycles. The van der Waals surface area contributed by atoms with Gasteiger partial charge in [0.15, 0.2) is 0 Å². The minimum atomic E-state index is -1.04. The number of anilines is 1. The number of terminal acetylenes is 1. The average molecular weight is 235 g/mol. The number of rotatable bonds is 6. The van der Waals surface area contributed by atoms with Gasteiger partial charge in [0, 0.05) is 6.42 Å². The van der Waals surface area contributed by atoms with Crippen molar-refractivity contribution >= 4 is 11.8 Å². The van der Waals surface area contributed by atoms with Crippen LogP contribution in [-0.4, -0.2) is 33.7 Å². The lowest BCUT2D eigenvalue weighted by molar-refractivity contribution is -0.137. The predicted octanol–water partition coefficient (Wildman–Crippen LogP) is 0.764. The lowest BCUT2D eigenvalue weighted by Gasteiger charge is -2.12. The molecular formula is C11H13N3O3. The summed E-state index contributed by atoms with van der Waals surface area (Å²) in [5.74, 6) is 1.90. The number of carboxylic acids is 1. The van der Waals surface area contributed by atoms with Gasteiger partial charge >= 0.3 is 5.97 Å². The van der Waals surface area contributed by atoms with Crippen LogP contribution in [-0.2, 0) is 4.79 Å². The SMILES string of the molecule is C#CCC(Nc1cncc(OCC)n1)C(=O)O. The summed E-state index contributed by atoms with van der Waals surface area (Å²) in [6.45, 7) is 2.28. The molecule has 6 nitrogen and oxygen atoms in total. The fourth-order valence-corrected chi connectivity index (χ4v) is 1.13. The van der Waals surface area contributed by atoms with Crippen LogP contribution in [0.5, 0.6) is 5.88 Å². The molecular weight excluding hydrogens is 222 g/mol. The Morgan fingerprint density at radius 3 is 3.06 bits per heavy atom. The van der Waals surface area contributed by atoms with E-state index in [0.29, 0.717) is 18.3 Å². The normalized spacial score (nSPS) is 11.3. The first-order valence-electron chi connectivity index (χ1n) is 5.05. The summed E-state index contributed by atoms with van der Waals surface area (Å²) >= 11 is 0. The Hall–Kier alpha value is -2.29. The largest absolute Gasteiger partial charge is 0.480 e. The summed E-state index contributed by atoms with van der Waals surface area (Å²) < 4.78 is 5.15. The number of nitrogens with zero attached hydrogens (tertiary/aromatic N) is 2. The minimum absolute atomic E-state index is 0.0654. The summed E-state index contributed by atoms with van der Waals surface area (Å²) in [6.07, 6.45) is 8.01. The average Bonchev–Trinajstić information content (AvgIpc) is 2.29. The molecule has 1 atom stereocenters. The quantitative estimate of drug-likeness (QED) is 0.708. The number of ether oxygens (including phenoxy) is 1. The fourth-order valence-electron chi connectivity index (χ4n) is 1.13. The maximum Gasteiger partial charge on any atom is 0.327 e. The number of nitrogens with one attached hydrogen (secondary N) is 1. The van der Waals surface area contributed by atoms with Crippen molar-refractivity contribution in [2.24, 2.45) is 0 Å². The zero-order valence-electron chi connectivity index (χ0n) is 9.38. The molecule has 0 bridgehead atoms. The van der Waals surface area contributed by atoms with Crippen LogP contribution in [0.1, 0.15) is 13.3 Å². The van der Waals surface area contributed by atoms with Gasteiger partial charge in [-0.1, -0.05) is 0 Å². The molecule has 1 rings (SSSR count). The van der Waals surface area contributed by atoms with Gasteiger partial charge in [0.05, 0.1) is 19.0 Å². The monoisotopic (exact) mass is 235 g/mol. The molecule has 1 aromatic rings. The van der Waals surface area contributed by atoms with Gasteiger partial charge in [-0.3, -0.25) is 4.98 Å². The molecule has 0 fully saturated rings. The lowest BCUT2D eigenvalue weighted by atomic mass is 10.2. The molecule has 1 unspecified atom stereocenters. The van der Waals surface area contributed by atoms with Gasteiger partial charge in [0.2, 0.25) is 5.88 Å². The highest BCUT2D eigenvalue weighted by Gasteiger charge is 2.16. The van der Waals surface area contributed by atoms with Gasteiger partial charge in [0.1, 0.15) is 11.9 Å². The van der Waals surface area contributed by atoms with E-state index in [1.807, 2.05) is 6.92 Å². The topological polar surface area (TPSA) is 84.3 Å². The van der Waals surface area contributed by atoms with E-state index in [1.165, 1.54) is 12.4 Å². The van der Waals surface area contributed by atoms with E-state index in [2.05, 4.69) is 21.2 Å². The Morgan fingerprint density at radius 1 is 1.71 bits per heavy atom. The first-order chi connectivity index (χ1) is 8.17. The van der Waals surface area contributed by atoms with Crippen molar-refractivity contribution < 1.29 is 14.6 Å². The highest BCUT2D eigenvalue weighted by atomic mass is 16.5. The Bertz CT molecular complexity index is 428. The van der Waals surface area contributed by atoms with Crippen LogP contribution in [0.15, 0.2) is 12.4 Å². The van der Waals surface area contributed by atoms with Crippen LogP contribution >= 0.6 is 0 Å². The number of carboxylic acid groups (broad SMARTS) is 1. The van der Waals surface area contributed by atoms with Gasteiger partial charge in [-0.2, -0.15) is 4.98 Å². The van der Waals surface area contributed by atoms with Crippen molar-refractivity contribution in [2.45, 2.75) is 19.4 Å². The number of carbonyl (C=O) groups is 1.